The molecule has 6 heteroatoms. The summed E-state index contributed by atoms with van der Waals surface area (Å²) in [4.78, 5) is 1.62. The maximum absolute atomic E-state index is 5.27. The Morgan fingerprint density at radius 1 is 1.00 bits per heavy atom. The van der Waals surface area contributed by atoms with Crippen LogP contribution in [0.15, 0.2) is 54.6 Å². The number of likely N-dealkylation sites (tertiary alicyclic amines) is 1. The monoisotopic (exact) mass is 420 g/mol. The van der Waals surface area contributed by atoms with Crippen LogP contribution in [0.3, 0.4) is 0 Å². The van der Waals surface area contributed by atoms with Crippen LogP contribution >= 0.6 is 0 Å². The van der Waals surface area contributed by atoms with Crippen molar-refractivity contribution >= 4 is 0 Å². The van der Waals surface area contributed by atoms with Gasteiger partial charge in [-0.25, -0.2) is 4.68 Å². The maximum atomic E-state index is 5.27. The van der Waals surface area contributed by atoms with E-state index >= 15 is 0 Å². The van der Waals surface area contributed by atoms with Crippen LogP contribution in [0.25, 0.3) is 0 Å². The van der Waals surface area contributed by atoms with Crippen molar-refractivity contribution in [1.82, 2.24) is 20.2 Å². The predicted octanol–water partition coefficient (Wildman–Crippen LogP) is 2.96. The summed E-state index contributed by atoms with van der Waals surface area (Å²) in [5.74, 6) is 3.11. The lowest BCUT2D eigenvalue weighted by Gasteiger charge is -2.36. The Kier molecular flexibility index (Phi) is 6.97. The molecule has 1 atom stereocenters. The molecule has 0 spiro atoms. The zero-order chi connectivity index (χ0) is 21.6. The van der Waals surface area contributed by atoms with Crippen molar-refractivity contribution in [2.45, 2.75) is 45.7 Å². The predicted molar refractivity (Wildman–Crippen MR) is 121 cm³/mol. The summed E-state index contributed by atoms with van der Waals surface area (Å²) in [6, 6.07) is 19.3. The molecule has 0 saturated carbocycles. The van der Waals surface area contributed by atoms with Crippen LogP contribution in [0.1, 0.15) is 49.7 Å². The van der Waals surface area contributed by atoms with Crippen LogP contribution in [-0.4, -0.2) is 40.4 Å². The minimum absolute atomic E-state index is 0.311. The molecular weight excluding hydrogens is 386 g/mol. The third kappa shape index (κ3) is 5.31. The van der Waals surface area contributed by atoms with Crippen molar-refractivity contribution in [1.29, 1.82) is 0 Å². The fourth-order valence-electron chi connectivity index (χ4n) is 4.91. The van der Waals surface area contributed by atoms with Gasteiger partial charge in [0.15, 0.2) is 6.04 Å². The fraction of sp³-hybridized carbons (Fsp3) is 0.480. The average Bonchev–Trinajstić information content (AvgIpc) is 3.23. The third-order valence-electron chi connectivity index (χ3n) is 6.55. The minimum Gasteiger partial charge on any atom is -0.497 e. The van der Waals surface area contributed by atoms with Crippen LogP contribution in [0.2, 0.25) is 0 Å². The molecule has 6 nitrogen and oxygen atoms in total. The number of tetrazole rings is 1. The van der Waals surface area contributed by atoms with E-state index in [-0.39, 0.29) is 0 Å². The lowest BCUT2D eigenvalue weighted by atomic mass is 9.88. The smallest absolute Gasteiger partial charge is 0.209 e. The first-order valence-electron chi connectivity index (χ1n) is 11.4. The number of benzene rings is 2. The van der Waals surface area contributed by atoms with E-state index in [9.17, 15) is 0 Å². The second-order valence-electron chi connectivity index (χ2n) is 9.06. The number of piperidine rings is 1. The van der Waals surface area contributed by atoms with E-state index in [2.05, 4.69) is 71.8 Å². The van der Waals surface area contributed by atoms with Crippen LogP contribution in [0.5, 0.6) is 5.75 Å². The molecule has 1 aromatic heterocycles. The van der Waals surface area contributed by atoms with Gasteiger partial charge in [0, 0.05) is 5.92 Å². The lowest BCUT2D eigenvalue weighted by Crippen LogP contribution is -3.14. The van der Waals surface area contributed by atoms with Gasteiger partial charge < -0.3 is 9.64 Å². The lowest BCUT2D eigenvalue weighted by molar-refractivity contribution is -0.942. The molecule has 0 radical (unpaired) electrons. The highest BCUT2D eigenvalue weighted by Gasteiger charge is 2.35. The number of nitrogens with zero attached hydrogens (tertiary/aromatic N) is 4. The van der Waals surface area contributed by atoms with Gasteiger partial charge >= 0.3 is 0 Å². The van der Waals surface area contributed by atoms with Crippen molar-refractivity contribution in [2.24, 2.45) is 11.8 Å². The van der Waals surface area contributed by atoms with Gasteiger partial charge in [0.25, 0.3) is 0 Å². The first kappa shape index (κ1) is 21.5. The number of methoxy groups -OCH3 is 1. The third-order valence-corrected chi connectivity index (χ3v) is 6.55. The van der Waals surface area contributed by atoms with E-state index in [1.165, 1.54) is 43.5 Å². The number of aromatic nitrogens is 4. The first-order chi connectivity index (χ1) is 15.1. The molecule has 1 fully saturated rings. The Hall–Kier alpha value is -2.73. The molecule has 1 N–H and O–H groups in total. The second-order valence-corrected chi connectivity index (χ2v) is 9.06. The van der Waals surface area contributed by atoms with Crippen LogP contribution in [-0.2, 0) is 13.0 Å². The normalized spacial score (nSPS) is 20.0. The molecule has 0 amide bonds. The van der Waals surface area contributed by atoms with Gasteiger partial charge in [0.2, 0.25) is 5.82 Å². The quantitative estimate of drug-likeness (QED) is 0.609. The molecule has 2 aromatic carbocycles. The number of quaternary nitrogens is 1. The molecule has 1 aliphatic heterocycles. The Morgan fingerprint density at radius 3 is 2.35 bits per heavy atom. The van der Waals surface area contributed by atoms with E-state index in [4.69, 9.17) is 4.74 Å². The zero-order valence-corrected chi connectivity index (χ0v) is 18.9. The molecule has 0 aliphatic carbocycles. The molecule has 1 saturated heterocycles. The highest BCUT2D eigenvalue weighted by atomic mass is 16.5. The van der Waals surface area contributed by atoms with E-state index in [1.54, 1.807) is 12.0 Å². The molecule has 0 unspecified atom stereocenters. The van der Waals surface area contributed by atoms with E-state index in [1.807, 2.05) is 16.8 Å². The van der Waals surface area contributed by atoms with E-state index in [0.717, 1.165) is 17.5 Å². The Morgan fingerprint density at radius 2 is 1.71 bits per heavy atom. The van der Waals surface area contributed by atoms with Crippen LogP contribution < -0.4 is 9.64 Å². The maximum Gasteiger partial charge on any atom is 0.209 e. The Bertz CT molecular complexity index is 930. The van der Waals surface area contributed by atoms with Crippen LogP contribution in [0.4, 0.5) is 0 Å². The van der Waals surface area contributed by atoms with E-state index < -0.39 is 0 Å². The Balaban J connectivity index is 1.43. The number of ether oxygens (including phenoxy) is 1. The second kappa shape index (κ2) is 10.1. The van der Waals surface area contributed by atoms with Gasteiger partial charge in [-0.2, -0.15) is 0 Å². The largest absolute Gasteiger partial charge is 0.497 e. The molecule has 2 heterocycles. The van der Waals surface area contributed by atoms with Gasteiger partial charge in [-0.3, -0.25) is 0 Å². The summed E-state index contributed by atoms with van der Waals surface area (Å²) >= 11 is 0. The molecule has 1 aliphatic rings. The number of hydrogen-bond donors (Lipinski definition) is 1. The first-order valence-corrected chi connectivity index (χ1v) is 11.4. The molecule has 4 rings (SSSR count). The zero-order valence-electron chi connectivity index (χ0n) is 18.9. The summed E-state index contributed by atoms with van der Waals surface area (Å²) in [7, 11) is 1.69. The number of rotatable bonds is 8. The van der Waals surface area contributed by atoms with Gasteiger partial charge in [-0.05, 0) is 58.9 Å². The summed E-state index contributed by atoms with van der Waals surface area (Å²) in [5.41, 5.74) is 2.63. The van der Waals surface area contributed by atoms with Crippen molar-refractivity contribution in [3.63, 3.8) is 0 Å². The molecule has 31 heavy (non-hydrogen) atoms. The number of hydrogen-bond acceptors (Lipinski definition) is 4. The van der Waals surface area contributed by atoms with Crippen molar-refractivity contribution < 1.29 is 9.64 Å². The van der Waals surface area contributed by atoms with Crippen molar-refractivity contribution in [3.05, 3.63) is 71.5 Å². The van der Waals surface area contributed by atoms with Crippen LogP contribution in [0, 0.1) is 11.8 Å². The van der Waals surface area contributed by atoms with Gasteiger partial charge in [0.05, 0.1) is 26.7 Å². The molecule has 0 bridgehead atoms. The van der Waals surface area contributed by atoms with Gasteiger partial charge in [-0.1, -0.05) is 56.3 Å². The summed E-state index contributed by atoms with van der Waals surface area (Å²) in [6.45, 7) is 7.62. The standard InChI is InChI=1S/C25H33N5O/c1-19(2)24(29-15-13-21(14-16-29)17-20-7-5-4-6-8-20)25-26-27-28-30(25)18-22-9-11-23(31-3)12-10-22/h4-12,19,21,24H,13-18H2,1-3H3/p+1/t24-/m1/s1. The van der Waals surface area contributed by atoms with Crippen molar-refractivity contribution in [3.8, 4) is 5.75 Å². The molecule has 164 valence electrons. The average molecular weight is 421 g/mol. The highest BCUT2D eigenvalue weighted by molar-refractivity contribution is 5.27. The molecular formula is C25H34N5O+. The highest BCUT2D eigenvalue weighted by Crippen LogP contribution is 2.22. The summed E-state index contributed by atoms with van der Waals surface area (Å²) in [6.07, 6.45) is 3.71. The Labute approximate surface area is 185 Å². The van der Waals surface area contributed by atoms with Gasteiger partial charge in [-0.15, -0.1) is 5.10 Å². The molecule has 3 aromatic rings. The summed E-state index contributed by atoms with van der Waals surface area (Å²) < 4.78 is 7.25. The van der Waals surface area contributed by atoms with E-state index in [0.29, 0.717) is 18.5 Å². The summed E-state index contributed by atoms with van der Waals surface area (Å²) in [5, 5.41) is 12.9. The minimum atomic E-state index is 0.311. The topological polar surface area (TPSA) is 57.3 Å². The SMILES string of the molecule is COc1ccc(Cn2nnnc2[C@@H](C(C)C)[NH+]2CCC(Cc3ccccc3)CC2)cc1. The fourth-order valence-corrected chi connectivity index (χ4v) is 4.91. The van der Waals surface area contributed by atoms with Crippen molar-refractivity contribution in [2.75, 3.05) is 20.2 Å². The van der Waals surface area contributed by atoms with Gasteiger partial charge in [0.1, 0.15) is 5.75 Å². The number of nitrogens with one attached hydrogen (secondary N) is 1.